The van der Waals surface area contributed by atoms with E-state index in [-0.39, 0.29) is 17.3 Å². The normalized spacial score (nSPS) is 25.1. The Labute approximate surface area is 131 Å². The zero-order chi connectivity index (χ0) is 15.3. The highest BCUT2D eigenvalue weighted by Crippen LogP contribution is 2.46. The molecule has 0 aromatic carbocycles. The Morgan fingerprint density at radius 1 is 1.57 bits per heavy atom. The summed E-state index contributed by atoms with van der Waals surface area (Å²) in [6, 6.07) is 3.99. The van der Waals surface area contributed by atoms with Gasteiger partial charge in [-0.3, -0.25) is 9.78 Å². The minimum Gasteiger partial charge on any atom is -0.469 e. The number of likely N-dealkylation sites (N-methyl/N-ethyl adjacent to an activating group) is 1. The number of thiocarbonyl (C=S) groups is 1. The second kappa shape index (κ2) is 6.98. The van der Waals surface area contributed by atoms with Gasteiger partial charge in [0.1, 0.15) is 0 Å². The zero-order valence-electron chi connectivity index (χ0n) is 12.6. The van der Waals surface area contributed by atoms with Gasteiger partial charge >= 0.3 is 5.97 Å². The molecule has 1 aromatic heterocycles. The third-order valence-electron chi connectivity index (χ3n) is 4.52. The molecular formula is C16H22N2O2S. The van der Waals surface area contributed by atoms with Crippen molar-refractivity contribution >= 4 is 23.2 Å². The smallest absolute Gasteiger partial charge is 0.305 e. The van der Waals surface area contributed by atoms with Crippen molar-refractivity contribution in [3.8, 4) is 0 Å². The minimum absolute atomic E-state index is 0.155. The summed E-state index contributed by atoms with van der Waals surface area (Å²) in [5, 5.41) is 3.15. The van der Waals surface area contributed by atoms with E-state index in [2.05, 4.69) is 16.4 Å². The molecule has 1 N–H and O–H groups in total. The van der Waals surface area contributed by atoms with Gasteiger partial charge in [-0.25, -0.2) is 0 Å². The molecular weight excluding hydrogens is 284 g/mol. The first kappa shape index (κ1) is 15.9. The summed E-state index contributed by atoms with van der Waals surface area (Å²) in [4.78, 5) is 16.9. The van der Waals surface area contributed by atoms with Crippen LogP contribution in [0, 0.1) is 5.92 Å². The highest BCUT2D eigenvalue weighted by Gasteiger charge is 2.46. The zero-order valence-corrected chi connectivity index (χ0v) is 13.4. The summed E-state index contributed by atoms with van der Waals surface area (Å²) in [5.41, 5.74) is 0.781. The predicted molar refractivity (Wildman–Crippen MR) is 86.2 cm³/mol. The van der Waals surface area contributed by atoms with Gasteiger partial charge in [-0.2, -0.15) is 0 Å². The maximum atomic E-state index is 11.8. The molecule has 0 bridgehead atoms. The number of ether oxygens (including phenoxy) is 1. The van der Waals surface area contributed by atoms with Gasteiger partial charge in [0.05, 0.1) is 17.5 Å². The summed E-state index contributed by atoms with van der Waals surface area (Å²) in [7, 11) is 3.29. The fourth-order valence-corrected chi connectivity index (χ4v) is 3.85. The van der Waals surface area contributed by atoms with Crippen LogP contribution in [0.15, 0.2) is 24.5 Å². The molecule has 0 radical (unpaired) electrons. The molecule has 1 saturated carbocycles. The Morgan fingerprint density at radius 2 is 2.38 bits per heavy atom. The SMILES string of the molecule is CNC(=S)[C@]1(c2cccnc2)CCCC[C@H]1CC(=O)OC. The number of nitrogens with one attached hydrogen (secondary N) is 1. The third-order valence-corrected chi connectivity index (χ3v) is 5.09. The highest BCUT2D eigenvalue weighted by atomic mass is 32.1. The van der Waals surface area contributed by atoms with Crippen LogP contribution in [0.2, 0.25) is 0 Å². The molecule has 1 fully saturated rings. The first-order chi connectivity index (χ1) is 10.1. The van der Waals surface area contributed by atoms with E-state index < -0.39 is 0 Å². The van der Waals surface area contributed by atoms with Crippen LogP contribution < -0.4 is 5.32 Å². The summed E-state index contributed by atoms with van der Waals surface area (Å²) < 4.78 is 4.88. The number of nitrogens with zero attached hydrogens (tertiary/aromatic N) is 1. The summed E-state index contributed by atoms with van der Waals surface area (Å²) >= 11 is 5.64. The van der Waals surface area contributed by atoms with Crippen LogP contribution in [0.4, 0.5) is 0 Å². The number of hydrogen-bond acceptors (Lipinski definition) is 4. The molecule has 1 aliphatic rings. The van der Waals surface area contributed by atoms with Crippen LogP contribution >= 0.6 is 12.2 Å². The Morgan fingerprint density at radius 3 is 3.00 bits per heavy atom. The molecule has 0 spiro atoms. The van der Waals surface area contributed by atoms with E-state index in [1.807, 2.05) is 19.3 Å². The fraction of sp³-hybridized carbons (Fsp3) is 0.562. The number of carbonyl (C=O) groups is 1. The minimum atomic E-state index is -0.315. The molecule has 1 aromatic rings. The highest BCUT2D eigenvalue weighted by molar-refractivity contribution is 7.80. The van der Waals surface area contributed by atoms with Crippen LogP contribution in [0.25, 0.3) is 0 Å². The second-order valence-electron chi connectivity index (χ2n) is 5.52. The Balaban J connectivity index is 2.45. The van der Waals surface area contributed by atoms with Gasteiger partial charge in [0.25, 0.3) is 0 Å². The van der Waals surface area contributed by atoms with E-state index in [0.717, 1.165) is 36.2 Å². The lowest BCUT2D eigenvalue weighted by atomic mass is 9.61. The molecule has 21 heavy (non-hydrogen) atoms. The molecule has 1 aliphatic carbocycles. The Kier molecular flexibility index (Phi) is 5.28. The maximum Gasteiger partial charge on any atom is 0.305 e. The number of carbonyl (C=O) groups excluding carboxylic acids is 1. The van der Waals surface area contributed by atoms with E-state index in [4.69, 9.17) is 17.0 Å². The number of rotatable bonds is 4. The first-order valence-corrected chi connectivity index (χ1v) is 7.75. The molecule has 0 aliphatic heterocycles. The molecule has 2 atom stereocenters. The Bertz CT molecular complexity index is 506. The standard InChI is InChI=1S/C16H22N2O2S/c1-17-15(21)16(13-7-5-9-18-11-13)8-4-3-6-12(16)10-14(19)20-2/h5,7,9,11-12H,3-4,6,8,10H2,1-2H3,(H,17,21)/t12-,16+/m0/s1. The van der Waals surface area contributed by atoms with Gasteiger partial charge in [0.2, 0.25) is 0 Å². The lowest BCUT2D eigenvalue weighted by Crippen LogP contribution is -2.50. The number of esters is 1. The van der Waals surface area contributed by atoms with Crippen LogP contribution in [0.5, 0.6) is 0 Å². The van der Waals surface area contributed by atoms with Crippen molar-refractivity contribution < 1.29 is 9.53 Å². The number of pyridine rings is 1. The topological polar surface area (TPSA) is 51.2 Å². The average molecular weight is 306 g/mol. The van der Waals surface area contributed by atoms with Gasteiger partial charge in [-0.15, -0.1) is 0 Å². The van der Waals surface area contributed by atoms with E-state index >= 15 is 0 Å². The van der Waals surface area contributed by atoms with E-state index in [0.29, 0.717) is 6.42 Å². The largest absolute Gasteiger partial charge is 0.469 e. The van der Waals surface area contributed by atoms with Gasteiger partial charge in [0.15, 0.2) is 0 Å². The average Bonchev–Trinajstić information content (AvgIpc) is 2.55. The lowest BCUT2D eigenvalue weighted by molar-refractivity contribution is -0.142. The molecule has 2 rings (SSSR count). The summed E-state index contributed by atoms with van der Waals surface area (Å²) in [5.74, 6) is -0.0167. The van der Waals surface area contributed by atoms with Crippen molar-refractivity contribution in [2.75, 3.05) is 14.2 Å². The number of hydrogen-bond donors (Lipinski definition) is 1. The monoisotopic (exact) mass is 306 g/mol. The second-order valence-corrected chi connectivity index (χ2v) is 5.92. The predicted octanol–water partition coefficient (Wildman–Crippen LogP) is 2.62. The molecule has 5 heteroatoms. The molecule has 0 amide bonds. The molecule has 0 unspecified atom stereocenters. The van der Waals surface area contributed by atoms with E-state index in [1.165, 1.54) is 7.11 Å². The van der Waals surface area contributed by atoms with Crippen LogP contribution in [-0.4, -0.2) is 30.1 Å². The van der Waals surface area contributed by atoms with E-state index in [1.54, 1.807) is 6.20 Å². The molecule has 114 valence electrons. The number of aromatic nitrogens is 1. The van der Waals surface area contributed by atoms with Crippen molar-refractivity contribution in [1.29, 1.82) is 0 Å². The summed E-state index contributed by atoms with van der Waals surface area (Å²) in [6.45, 7) is 0. The fourth-order valence-electron chi connectivity index (χ4n) is 3.47. The van der Waals surface area contributed by atoms with Gasteiger partial charge in [-0.1, -0.05) is 31.1 Å². The van der Waals surface area contributed by atoms with Crippen LogP contribution in [0.1, 0.15) is 37.7 Å². The quantitative estimate of drug-likeness (QED) is 0.684. The van der Waals surface area contributed by atoms with Crippen molar-refractivity contribution in [2.45, 2.75) is 37.5 Å². The van der Waals surface area contributed by atoms with Crippen molar-refractivity contribution in [2.24, 2.45) is 5.92 Å². The molecule has 0 saturated heterocycles. The van der Waals surface area contributed by atoms with Crippen LogP contribution in [-0.2, 0) is 14.9 Å². The lowest BCUT2D eigenvalue weighted by Gasteiger charge is -2.44. The van der Waals surface area contributed by atoms with Crippen molar-refractivity contribution in [3.63, 3.8) is 0 Å². The Hall–Kier alpha value is -1.49. The van der Waals surface area contributed by atoms with Crippen LogP contribution in [0.3, 0.4) is 0 Å². The van der Waals surface area contributed by atoms with E-state index in [9.17, 15) is 4.79 Å². The van der Waals surface area contributed by atoms with Gasteiger partial charge in [-0.05, 0) is 30.4 Å². The molecule has 4 nitrogen and oxygen atoms in total. The first-order valence-electron chi connectivity index (χ1n) is 7.34. The van der Waals surface area contributed by atoms with Gasteiger partial charge in [0, 0.05) is 25.9 Å². The van der Waals surface area contributed by atoms with Gasteiger partial charge < -0.3 is 10.1 Å². The maximum absolute atomic E-state index is 11.8. The van der Waals surface area contributed by atoms with Crippen molar-refractivity contribution in [3.05, 3.63) is 30.1 Å². The third kappa shape index (κ3) is 3.07. The summed E-state index contributed by atoms with van der Waals surface area (Å²) in [6.07, 6.45) is 8.18. The van der Waals surface area contributed by atoms with Crippen molar-refractivity contribution in [1.82, 2.24) is 10.3 Å². The number of methoxy groups -OCH3 is 1. The molecule has 1 heterocycles.